The summed E-state index contributed by atoms with van der Waals surface area (Å²) >= 11 is 0. The Labute approximate surface area is 245 Å². The van der Waals surface area contributed by atoms with Crippen molar-refractivity contribution in [2.24, 2.45) is 0 Å². The standard InChI is InChI=1S/C27H24.C3H8.3C2H6.3CH4/c1-3-9-22(10-4-1)17-24-13-7-15-26(19-24)21-27-16-8-14-25(20-27)18-23-11-5-2-6-12-23;1-3-2;3*1-2;;;/h1-16,19-20H,17-18,21H2;3H2,1-2H3;3*1-2H3;3*1H4. The Morgan fingerprint density at radius 2 is 0.538 bits per heavy atom. The maximum absolute atomic E-state index is 2.34. The molecule has 0 radical (unpaired) electrons. The van der Waals surface area contributed by atoms with Gasteiger partial charge in [0.25, 0.3) is 0 Å². The predicted molar refractivity (Wildman–Crippen MR) is 184 cm³/mol. The lowest BCUT2D eigenvalue weighted by atomic mass is 9.97. The van der Waals surface area contributed by atoms with Crippen LogP contribution in [0.2, 0.25) is 0 Å². The second kappa shape index (κ2) is 29.4. The van der Waals surface area contributed by atoms with E-state index in [2.05, 4.69) is 123 Å². The molecule has 4 aromatic rings. The van der Waals surface area contributed by atoms with Crippen molar-refractivity contribution in [1.82, 2.24) is 0 Å². The van der Waals surface area contributed by atoms with Crippen LogP contribution in [0, 0.1) is 0 Å². The normalized spacial score (nSPS) is 8.31. The Kier molecular flexibility index (Phi) is 32.4. The van der Waals surface area contributed by atoms with Crippen LogP contribution in [0.4, 0.5) is 0 Å². The van der Waals surface area contributed by atoms with Crippen LogP contribution >= 0.6 is 0 Å². The number of rotatable bonds is 6. The van der Waals surface area contributed by atoms with Gasteiger partial charge in [0.05, 0.1) is 0 Å². The van der Waals surface area contributed by atoms with Gasteiger partial charge in [0.1, 0.15) is 0 Å². The molecule has 0 spiro atoms. The highest BCUT2D eigenvalue weighted by molar-refractivity contribution is 5.35. The molecule has 39 heavy (non-hydrogen) atoms. The Morgan fingerprint density at radius 3 is 0.795 bits per heavy atom. The van der Waals surface area contributed by atoms with Gasteiger partial charge in [0.15, 0.2) is 0 Å². The molecule has 0 fully saturated rings. The quantitative estimate of drug-likeness (QED) is 0.232. The molecule has 0 amide bonds. The summed E-state index contributed by atoms with van der Waals surface area (Å²) in [6, 6.07) is 39.3. The molecule has 0 bridgehead atoms. The topological polar surface area (TPSA) is 0 Å². The lowest BCUT2D eigenvalue weighted by Gasteiger charge is -2.08. The van der Waals surface area contributed by atoms with Gasteiger partial charge < -0.3 is 0 Å². The first-order valence-electron chi connectivity index (χ1n) is 14.0. The second-order valence-corrected chi connectivity index (χ2v) is 7.85. The third-order valence-electron chi connectivity index (χ3n) is 4.89. The van der Waals surface area contributed by atoms with Crippen LogP contribution < -0.4 is 0 Å². The Balaban J connectivity index is -0.000000461. The molecule has 0 heterocycles. The monoisotopic (exact) mass is 530 g/mol. The highest BCUT2D eigenvalue weighted by Gasteiger charge is 2.02. The van der Waals surface area contributed by atoms with Crippen molar-refractivity contribution < 1.29 is 0 Å². The van der Waals surface area contributed by atoms with E-state index in [0.717, 1.165) is 19.3 Å². The molecular formula is C39H62. The second-order valence-electron chi connectivity index (χ2n) is 7.85. The minimum Gasteiger partial charge on any atom is -0.0776 e. The van der Waals surface area contributed by atoms with Crippen molar-refractivity contribution in [3.05, 3.63) is 143 Å². The molecule has 0 atom stereocenters. The van der Waals surface area contributed by atoms with Crippen LogP contribution in [0.25, 0.3) is 0 Å². The zero-order chi connectivity index (χ0) is 27.0. The van der Waals surface area contributed by atoms with Crippen molar-refractivity contribution >= 4 is 0 Å². The van der Waals surface area contributed by atoms with Gasteiger partial charge in [0.2, 0.25) is 0 Å². The molecule has 4 rings (SSSR count). The average molecular weight is 531 g/mol. The maximum atomic E-state index is 2.34. The summed E-state index contributed by atoms with van der Waals surface area (Å²) in [5, 5.41) is 0. The van der Waals surface area contributed by atoms with Gasteiger partial charge in [-0.2, -0.15) is 0 Å². The Bertz CT molecular complexity index is 917. The van der Waals surface area contributed by atoms with Crippen molar-refractivity contribution in [2.45, 2.75) is 103 Å². The van der Waals surface area contributed by atoms with E-state index in [0.29, 0.717) is 0 Å². The van der Waals surface area contributed by atoms with Gasteiger partial charge in [-0.3, -0.25) is 0 Å². The molecular weight excluding hydrogens is 468 g/mol. The van der Waals surface area contributed by atoms with Crippen LogP contribution in [-0.4, -0.2) is 0 Å². The van der Waals surface area contributed by atoms with Gasteiger partial charge in [-0.05, 0) is 52.6 Å². The highest BCUT2D eigenvalue weighted by atomic mass is 14.1. The summed E-state index contributed by atoms with van der Waals surface area (Å²) in [5.74, 6) is 0. The average Bonchev–Trinajstić information content (AvgIpc) is 2.94. The number of hydrogen-bond donors (Lipinski definition) is 0. The van der Waals surface area contributed by atoms with Crippen LogP contribution in [0.5, 0.6) is 0 Å². The molecule has 0 saturated heterocycles. The number of benzene rings is 4. The Morgan fingerprint density at radius 1 is 0.333 bits per heavy atom. The van der Waals surface area contributed by atoms with Crippen molar-refractivity contribution in [3.8, 4) is 0 Å². The summed E-state index contributed by atoms with van der Waals surface area (Å²) in [5.41, 5.74) is 8.22. The molecule has 0 unspecified atom stereocenters. The highest BCUT2D eigenvalue weighted by Crippen LogP contribution is 2.17. The fourth-order valence-electron chi connectivity index (χ4n) is 3.60. The molecule has 0 aliphatic heterocycles. The minimum atomic E-state index is 0. The van der Waals surface area contributed by atoms with Gasteiger partial charge in [0, 0.05) is 0 Å². The van der Waals surface area contributed by atoms with E-state index in [1.807, 2.05) is 41.5 Å². The fourth-order valence-corrected chi connectivity index (χ4v) is 3.60. The zero-order valence-corrected chi connectivity index (χ0v) is 24.2. The largest absolute Gasteiger partial charge is 0.0776 e. The molecule has 0 aliphatic rings. The summed E-state index contributed by atoms with van der Waals surface area (Å²) in [7, 11) is 0. The molecule has 0 aliphatic carbocycles. The third kappa shape index (κ3) is 18.7. The molecule has 4 aromatic carbocycles. The summed E-state index contributed by atoms with van der Waals surface area (Å²) in [6.45, 7) is 16.2. The third-order valence-corrected chi connectivity index (χ3v) is 4.89. The lowest BCUT2D eigenvalue weighted by Crippen LogP contribution is -1.94. The van der Waals surface area contributed by atoms with Gasteiger partial charge >= 0.3 is 0 Å². The van der Waals surface area contributed by atoms with Crippen molar-refractivity contribution in [3.63, 3.8) is 0 Å². The van der Waals surface area contributed by atoms with E-state index in [-0.39, 0.29) is 22.3 Å². The van der Waals surface area contributed by atoms with Crippen molar-refractivity contribution in [1.29, 1.82) is 0 Å². The van der Waals surface area contributed by atoms with Gasteiger partial charge in [-0.15, -0.1) is 0 Å². The van der Waals surface area contributed by atoms with E-state index < -0.39 is 0 Å². The van der Waals surface area contributed by atoms with Crippen LogP contribution in [-0.2, 0) is 19.3 Å². The van der Waals surface area contributed by atoms with E-state index in [9.17, 15) is 0 Å². The predicted octanol–water partition coefficient (Wildman–Crippen LogP) is 12.9. The first-order valence-corrected chi connectivity index (χ1v) is 14.0. The first kappa shape index (κ1) is 43.0. The van der Waals surface area contributed by atoms with Gasteiger partial charge in [-0.1, -0.05) is 193 Å². The molecule has 0 saturated carbocycles. The minimum absolute atomic E-state index is 0. The Hall–Kier alpha value is -3.12. The van der Waals surface area contributed by atoms with E-state index >= 15 is 0 Å². The van der Waals surface area contributed by atoms with E-state index in [4.69, 9.17) is 0 Å². The van der Waals surface area contributed by atoms with Crippen LogP contribution in [0.1, 0.15) is 117 Å². The summed E-state index contributed by atoms with van der Waals surface area (Å²) in [6.07, 6.45) is 4.21. The maximum Gasteiger partial charge on any atom is -0.00256 e. The number of hydrogen-bond acceptors (Lipinski definition) is 0. The first-order chi connectivity index (χ1) is 17.8. The molecule has 0 nitrogen and oxygen atoms in total. The fraction of sp³-hybridized carbons (Fsp3) is 0.385. The molecule has 218 valence electrons. The van der Waals surface area contributed by atoms with E-state index in [1.165, 1.54) is 39.8 Å². The smallest absolute Gasteiger partial charge is 0.00256 e. The SMILES string of the molecule is C.C.C.CC.CC.CC.CCC.c1ccc(Cc2cccc(Cc3cccc(Cc4ccccc4)c3)c2)cc1. The molecule has 0 aromatic heterocycles. The summed E-state index contributed by atoms with van der Waals surface area (Å²) in [4.78, 5) is 0. The van der Waals surface area contributed by atoms with Crippen molar-refractivity contribution in [2.75, 3.05) is 0 Å². The van der Waals surface area contributed by atoms with E-state index in [1.54, 1.807) is 0 Å². The molecule has 0 heteroatoms. The van der Waals surface area contributed by atoms with Crippen LogP contribution in [0.3, 0.4) is 0 Å². The zero-order valence-electron chi connectivity index (χ0n) is 24.2. The summed E-state index contributed by atoms with van der Waals surface area (Å²) < 4.78 is 0. The van der Waals surface area contributed by atoms with Gasteiger partial charge in [-0.25, -0.2) is 0 Å². The lowest BCUT2D eigenvalue weighted by molar-refractivity contribution is 1.09. The van der Waals surface area contributed by atoms with Crippen LogP contribution in [0.15, 0.2) is 109 Å². The molecule has 0 N–H and O–H groups in total.